The maximum Gasteiger partial charge on any atom is 0.219 e. The van der Waals surface area contributed by atoms with Gasteiger partial charge in [0.05, 0.1) is 35.6 Å². The Morgan fingerprint density at radius 1 is 1.11 bits per heavy atom. The van der Waals surface area contributed by atoms with Gasteiger partial charge in [-0.15, -0.1) is 31.7 Å². The van der Waals surface area contributed by atoms with Crippen LogP contribution in [0.1, 0.15) is 58.0 Å². The maximum atomic E-state index is 6.22. The highest BCUT2D eigenvalue weighted by Gasteiger charge is 2.34. The topological polar surface area (TPSA) is 91.2 Å². The van der Waals surface area contributed by atoms with E-state index in [1.54, 1.807) is 18.3 Å². The first-order valence-corrected chi connectivity index (χ1v) is 12.8. The summed E-state index contributed by atoms with van der Waals surface area (Å²) in [6.45, 7) is 9.28. The zero-order chi connectivity index (χ0) is 25.0. The van der Waals surface area contributed by atoms with E-state index in [2.05, 4.69) is 50.7 Å². The van der Waals surface area contributed by atoms with Crippen LogP contribution in [0, 0.1) is 38.0 Å². The second-order valence-corrected chi connectivity index (χ2v) is 10.8. The average Bonchev–Trinajstić information content (AvgIpc) is 3.49. The van der Waals surface area contributed by atoms with Crippen LogP contribution in [-0.2, 0) is 11.2 Å². The van der Waals surface area contributed by atoms with Gasteiger partial charge in [0.1, 0.15) is 16.9 Å². The molecule has 0 aliphatic carbocycles. The lowest BCUT2D eigenvalue weighted by Crippen LogP contribution is -2.38. The van der Waals surface area contributed by atoms with E-state index in [-0.39, 0.29) is 11.5 Å². The van der Waals surface area contributed by atoms with Gasteiger partial charge in [0.2, 0.25) is 11.8 Å². The molecule has 10 heteroatoms. The molecule has 0 N–H and O–H groups in total. The molecule has 0 bridgehead atoms. The summed E-state index contributed by atoms with van der Waals surface area (Å²) in [5.74, 6) is 9.40. The van der Waals surface area contributed by atoms with E-state index in [0.717, 1.165) is 43.9 Å². The van der Waals surface area contributed by atoms with Crippen molar-refractivity contribution in [1.29, 1.82) is 0 Å². The highest BCUT2D eigenvalue weighted by molar-refractivity contribution is 7.15. The normalized spacial score (nSPS) is 17.8. The van der Waals surface area contributed by atoms with Crippen LogP contribution >= 0.6 is 22.9 Å². The molecule has 8 nitrogen and oxygen atoms in total. The molecule has 0 radical (unpaired) electrons. The van der Waals surface area contributed by atoms with Crippen molar-refractivity contribution < 1.29 is 9.15 Å². The zero-order valence-electron chi connectivity index (χ0n) is 20.3. The Morgan fingerprint density at radius 2 is 1.89 bits per heavy atom. The summed E-state index contributed by atoms with van der Waals surface area (Å²) in [7, 11) is 0. The molecule has 3 aromatic heterocycles. The van der Waals surface area contributed by atoms with E-state index in [0.29, 0.717) is 36.4 Å². The van der Waals surface area contributed by atoms with Crippen molar-refractivity contribution in [2.75, 3.05) is 13.2 Å². The van der Waals surface area contributed by atoms with Gasteiger partial charge in [0.15, 0.2) is 5.82 Å². The fraction of sp³-hybridized carbons (Fsp3) is 0.346. The van der Waals surface area contributed by atoms with Gasteiger partial charge in [-0.1, -0.05) is 35.6 Å². The van der Waals surface area contributed by atoms with Crippen molar-refractivity contribution in [2.24, 2.45) is 10.4 Å². The Kier molecular flexibility index (Phi) is 5.56. The van der Waals surface area contributed by atoms with Crippen LogP contribution in [0.15, 0.2) is 33.7 Å². The lowest BCUT2D eigenvalue weighted by molar-refractivity contribution is -0.0648. The van der Waals surface area contributed by atoms with E-state index >= 15 is 0 Å². The maximum absolute atomic E-state index is 6.22. The third kappa shape index (κ3) is 3.95. The lowest BCUT2D eigenvalue weighted by atomic mass is 9.89. The summed E-state index contributed by atoms with van der Waals surface area (Å²) in [5.41, 5.74) is 3.81. The number of thiophene rings is 1. The number of benzene rings is 1. The van der Waals surface area contributed by atoms with Crippen molar-refractivity contribution in [3.63, 3.8) is 0 Å². The van der Waals surface area contributed by atoms with Crippen LogP contribution in [0.2, 0.25) is 5.02 Å². The smallest absolute Gasteiger partial charge is 0.219 e. The Balaban J connectivity index is 1.56. The monoisotopic (exact) mass is 518 g/mol. The Morgan fingerprint density at radius 3 is 2.56 bits per heavy atom. The minimum Gasteiger partial charge on any atom is -0.426 e. The fourth-order valence-electron chi connectivity index (χ4n) is 4.41. The van der Waals surface area contributed by atoms with Crippen LogP contribution in [0.3, 0.4) is 0 Å². The minimum atomic E-state index is -0.365. The molecule has 2 aliphatic rings. The standard InChI is InChI=1S/C26H23ClN6O2S/c1-14-20(9-10-26(4)12-34-13-26)36-25-22(14)23(17-5-7-18(27)8-6-17)28-19(11-21-31-30-16(3)35-21)24-32-29-15(2)33(24)25/h5-8,19H,11-13H2,1-4H3/t19-/m0/s1. The first kappa shape index (κ1) is 23.1. The first-order chi connectivity index (χ1) is 17.3. The molecule has 0 unspecified atom stereocenters. The summed E-state index contributed by atoms with van der Waals surface area (Å²) in [6, 6.07) is 7.38. The van der Waals surface area contributed by atoms with Crippen molar-refractivity contribution in [3.05, 3.63) is 74.3 Å². The van der Waals surface area contributed by atoms with Crippen molar-refractivity contribution >= 4 is 28.6 Å². The fourth-order valence-corrected chi connectivity index (χ4v) is 5.76. The van der Waals surface area contributed by atoms with Gasteiger partial charge in [-0.05, 0) is 38.5 Å². The molecule has 6 rings (SSSR count). The molecule has 1 fully saturated rings. The third-order valence-corrected chi connectivity index (χ3v) is 7.82. The van der Waals surface area contributed by atoms with Crippen LogP contribution in [0.25, 0.3) is 5.00 Å². The number of hydrogen-bond acceptors (Lipinski definition) is 8. The van der Waals surface area contributed by atoms with Gasteiger partial charge in [-0.2, -0.15) is 0 Å². The number of fused-ring (bicyclic) bond motifs is 3. The molecule has 1 saturated heterocycles. The van der Waals surface area contributed by atoms with E-state index in [9.17, 15) is 0 Å². The molecule has 1 atom stereocenters. The summed E-state index contributed by atoms with van der Waals surface area (Å²) >= 11 is 7.86. The van der Waals surface area contributed by atoms with E-state index < -0.39 is 0 Å². The number of aromatic nitrogens is 5. The number of nitrogens with zero attached hydrogens (tertiary/aromatic N) is 6. The van der Waals surface area contributed by atoms with Crippen LogP contribution in [0.4, 0.5) is 0 Å². The molecule has 2 aliphatic heterocycles. The van der Waals surface area contributed by atoms with Gasteiger partial charge in [0, 0.05) is 23.1 Å². The quantitative estimate of drug-likeness (QED) is 0.361. The summed E-state index contributed by atoms with van der Waals surface area (Å²) in [4.78, 5) is 6.25. The number of halogens is 1. The predicted molar refractivity (Wildman–Crippen MR) is 137 cm³/mol. The highest BCUT2D eigenvalue weighted by Crippen LogP contribution is 2.40. The van der Waals surface area contributed by atoms with E-state index in [1.807, 2.05) is 31.2 Å². The molecular weight excluding hydrogens is 496 g/mol. The summed E-state index contributed by atoms with van der Waals surface area (Å²) in [5, 5.41) is 18.8. The van der Waals surface area contributed by atoms with Gasteiger partial charge < -0.3 is 9.15 Å². The number of rotatable bonds is 3. The molecule has 0 spiro atoms. The number of ether oxygens (including phenoxy) is 1. The van der Waals surface area contributed by atoms with Gasteiger partial charge in [0.25, 0.3) is 0 Å². The molecular formula is C26H23ClN6O2S. The largest absolute Gasteiger partial charge is 0.426 e. The molecule has 182 valence electrons. The molecule has 0 saturated carbocycles. The van der Waals surface area contributed by atoms with Crippen LogP contribution in [0.5, 0.6) is 0 Å². The van der Waals surface area contributed by atoms with E-state index in [1.165, 1.54) is 0 Å². The Hall–Kier alpha value is -3.32. The second-order valence-electron chi connectivity index (χ2n) is 9.40. The van der Waals surface area contributed by atoms with Gasteiger partial charge in [-0.25, -0.2) is 0 Å². The number of aryl methyl sites for hydroxylation is 2. The van der Waals surface area contributed by atoms with Crippen LogP contribution in [-0.4, -0.2) is 43.9 Å². The van der Waals surface area contributed by atoms with Gasteiger partial charge in [-0.3, -0.25) is 9.56 Å². The number of hydrogen-bond donors (Lipinski definition) is 0. The van der Waals surface area contributed by atoms with Crippen LogP contribution < -0.4 is 0 Å². The van der Waals surface area contributed by atoms with Gasteiger partial charge >= 0.3 is 0 Å². The molecule has 0 amide bonds. The average molecular weight is 519 g/mol. The van der Waals surface area contributed by atoms with E-state index in [4.69, 9.17) is 25.7 Å². The second kappa shape index (κ2) is 8.66. The lowest BCUT2D eigenvalue weighted by Gasteiger charge is -2.32. The summed E-state index contributed by atoms with van der Waals surface area (Å²) in [6.07, 6.45) is 0.412. The Labute approximate surface area is 217 Å². The molecule has 1 aromatic carbocycles. The SMILES string of the molecule is Cc1nnc(C[C@@H]2N=C(c3ccc(Cl)cc3)c3c(sc(C#CC4(C)COC4)c3C)-n3c(C)nnc32)o1. The van der Waals surface area contributed by atoms with Crippen molar-refractivity contribution in [2.45, 2.75) is 40.2 Å². The number of aliphatic imine (C=N–C) groups is 1. The summed E-state index contributed by atoms with van der Waals surface area (Å²) < 4.78 is 13.2. The minimum absolute atomic E-state index is 0.105. The Bertz CT molecular complexity index is 1570. The zero-order valence-corrected chi connectivity index (χ0v) is 21.9. The highest BCUT2D eigenvalue weighted by atomic mass is 35.5. The molecule has 36 heavy (non-hydrogen) atoms. The first-order valence-electron chi connectivity index (χ1n) is 11.6. The molecule has 4 aromatic rings. The van der Waals surface area contributed by atoms with Crippen molar-refractivity contribution in [1.82, 2.24) is 25.0 Å². The predicted octanol–water partition coefficient (Wildman–Crippen LogP) is 4.81. The van der Waals surface area contributed by atoms with Crippen molar-refractivity contribution in [3.8, 4) is 16.8 Å². The third-order valence-electron chi connectivity index (χ3n) is 6.37. The molecule has 5 heterocycles.